The third kappa shape index (κ3) is 3.78. The largest absolute Gasteiger partial charge is 0.297 e. The Labute approximate surface area is 167 Å². The highest BCUT2D eigenvalue weighted by atomic mass is 32.2. The monoisotopic (exact) mass is 416 g/mol. The highest BCUT2D eigenvalue weighted by Gasteiger charge is 2.24. The lowest BCUT2D eigenvalue weighted by Crippen LogP contribution is -2.36. The molecule has 146 valence electrons. The molecule has 1 aliphatic rings. The SMILES string of the molecule is Cc1nc(-c2ccccc2)sc1CN1CCc2nc(S(C)(=O)=O)[nH]c(=O)c2C1. The van der Waals surface area contributed by atoms with Crippen molar-refractivity contribution < 1.29 is 8.42 Å². The quantitative estimate of drug-likeness (QED) is 0.655. The lowest BCUT2D eigenvalue weighted by Gasteiger charge is -2.27. The Morgan fingerprint density at radius 1 is 1.21 bits per heavy atom. The normalized spacial score (nSPS) is 14.8. The van der Waals surface area contributed by atoms with Crippen LogP contribution in [0.2, 0.25) is 0 Å². The number of nitrogens with one attached hydrogen (secondary N) is 1. The second-order valence-corrected chi connectivity index (χ2v) is 9.94. The Balaban J connectivity index is 1.56. The Kier molecular flexibility index (Phi) is 4.90. The topological polar surface area (TPSA) is 96.0 Å². The van der Waals surface area contributed by atoms with Crippen molar-refractivity contribution >= 4 is 21.2 Å². The molecular formula is C19H20N4O3S2. The molecule has 1 aliphatic heterocycles. The summed E-state index contributed by atoms with van der Waals surface area (Å²) in [5.41, 5.74) is 2.84. The van der Waals surface area contributed by atoms with Crippen LogP contribution in [0.1, 0.15) is 21.8 Å². The predicted molar refractivity (Wildman–Crippen MR) is 108 cm³/mol. The molecule has 9 heteroatoms. The van der Waals surface area contributed by atoms with Crippen molar-refractivity contribution in [2.75, 3.05) is 12.8 Å². The molecule has 0 radical (unpaired) electrons. The summed E-state index contributed by atoms with van der Waals surface area (Å²) < 4.78 is 23.4. The average molecular weight is 417 g/mol. The molecule has 0 aliphatic carbocycles. The van der Waals surface area contributed by atoms with Gasteiger partial charge in [0.05, 0.1) is 17.0 Å². The number of aromatic amines is 1. The van der Waals surface area contributed by atoms with Crippen LogP contribution in [0, 0.1) is 6.92 Å². The Bertz CT molecular complexity index is 1180. The van der Waals surface area contributed by atoms with Crippen LogP contribution in [0.5, 0.6) is 0 Å². The molecule has 7 nitrogen and oxygen atoms in total. The molecule has 0 spiro atoms. The van der Waals surface area contributed by atoms with E-state index in [9.17, 15) is 13.2 Å². The molecule has 0 atom stereocenters. The van der Waals surface area contributed by atoms with Crippen LogP contribution in [0.15, 0.2) is 40.3 Å². The van der Waals surface area contributed by atoms with Gasteiger partial charge in [0.25, 0.3) is 5.56 Å². The average Bonchev–Trinajstić information content (AvgIpc) is 3.02. The molecular weight excluding hydrogens is 396 g/mol. The van der Waals surface area contributed by atoms with Crippen LogP contribution in [0.25, 0.3) is 10.6 Å². The Hall–Kier alpha value is -2.36. The molecule has 0 saturated carbocycles. The highest BCUT2D eigenvalue weighted by molar-refractivity contribution is 7.90. The minimum atomic E-state index is -3.54. The molecule has 0 bridgehead atoms. The standard InChI is InChI=1S/C19H20N4O3S2/c1-12-16(27-18(20-12)13-6-4-3-5-7-13)11-23-9-8-15-14(10-23)17(24)22-19(21-15)28(2,25)26/h3-7H,8-11H2,1-2H3,(H,21,22,24). The highest BCUT2D eigenvalue weighted by Crippen LogP contribution is 2.29. The van der Waals surface area contributed by atoms with Crippen LogP contribution < -0.4 is 5.56 Å². The molecule has 1 N–H and O–H groups in total. The number of H-pyrrole nitrogens is 1. The molecule has 4 rings (SSSR count). The lowest BCUT2D eigenvalue weighted by atomic mass is 10.1. The van der Waals surface area contributed by atoms with Gasteiger partial charge in [0.1, 0.15) is 5.01 Å². The number of nitrogens with zero attached hydrogens (tertiary/aromatic N) is 3. The molecule has 0 saturated heterocycles. The number of aryl methyl sites for hydroxylation is 1. The van der Waals surface area contributed by atoms with Crippen molar-refractivity contribution in [3.63, 3.8) is 0 Å². The maximum absolute atomic E-state index is 12.4. The van der Waals surface area contributed by atoms with Gasteiger partial charge in [-0.2, -0.15) is 0 Å². The third-order valence-corrected chi connectivity index (χ3v) is 6.84. The first-order chi connectivity index (χ1) is 13.3. The summed E-state index contributed by atoms with van der Waals surface area (Å²) in [7, 11) is -3.54. The number of sulfone groups is 1. The van der Waals surface area contributed by atoms with E-state index >= 15 is 0 Å². The number of thiazole rings is 1. The van der Waals surface area contributed by atoms with Crippen molar-refractivity contribution in [1.29, 1.82) is 0 Å². The van der Waals surface area contributed by atoms with Crippen molar-refractivity contribution in [1.82, 2.24) is 19.9 Å². The zero-order valence-corrected chi connectivity index (χ0v) is 17.2. The maximum Gasteiger partial charge on any atom is 0.256 e. The van der Waals surface area contributed by atoms with Gasteiger partial charge in [-0.25, -0.2) is 18.4 Å². The van der Waals surface area contributed by atoms with E-state index in [1.165, 1.54) is 4.88 Å². The zero-order valence-electron chi connectivity index (χ0n) is 15.6. The van der Waals surface area contributed by atoms with Crippen LogP contribution in [0.3, 0.4) is 0 Å². The number of fused-ring (bicyclic) bond motifs is 1. The number of rotatable bonds is 4. The van der Waals surface area contributed by atoms with E-state index < -0.39 is 9.84 Å². The van der Waals surface area contributed by atoms with Gasteiger partial charge in [0.2, 0.25) is 15.0 Å². The van der Waals surface area contributed by atoms with Gasteiger partial charge in [-0.1, -0.05) is 30.3 Å². The fraction of sp³-hybridized carbons (Fsp3) is 0.316. The fourth-order valence-electron chi connectivity index (χ4n) is 3.25. The zero-order chi connectivity index (χ0) is 19.9. The smallest absolute Gasteiger partial charge is 0.256 e. The van der Waals surface area contributed by atoms with E-state index in [0.717, 1.165) is 22.5 Å². The van der Waals surface area contributed by atoms with Gasteiger partial charge < -0.3 is 0 Å². The molecule has 3 aromatic rings. The van der Waals surface area contributed by atoms with Gasteiger partial charge in [0, 0.05) is 42.8 Å². The van der Waals surface area contributed by atoms with Gasteiger partial charge in [0.15, 0.2) is 0 Å². The fourth-order valence-corrected chi connectivity index (χ4v) is 4.92. The summed E-state index contributed by atoms with van der Waals surface area (Å²) in [4.78, 5) is 27.0. The number of hydrogen-bond donors (Lipinski definition) is 1. The summed E-state index contributed by atoms with van der Waals surface area (Å²) >= 11 is 1.66. The predicted octanol–water partition coefficient (Wildman–Crippen LogP) is 2.16. The van der Waals surface area contributed by atoms with Gasteiger partial charge in [-0.05, 0) is 6.92 Å². The van der Waals surface area contributed by atoms with Crippen molar-refractivity contribution in [2.45, 2.75) is 31.6 Å². The number of hydrogen-bond acceptors (Lipinski definition) is 7. The van der Waals surface area contributed by atoms with Crippen molar-refractivity contribution in [3.05, 3.63) is 62.5 Å². The van der Waals surface area contributed by atoms with E-state index in [0.29, 0.717) is 37.3 Å². The van der Waals surface area contributed by atoms with Gasteiger partial charge in [-0.15, -0.1) is 11.3 Å². The van der Waals surface area contributed by atoms with E-state index in [1.807, 2.05) is 37.3 Å². The van der Waals surface area contributed by atoms with Crippen LogP contribution in [0.4, 0.5) is 0 Å². The van der Waals surface area contributed by atoms with Gasteiger partial charge >= 0.3 is 0 Å². The lowest BCUT2D eigenvalue weighted by molar-refractivity contribution is 0.242. The van der Waals surface area contributed by atoms with Gasteiger partial charge in [-0.3, -0.25) is 14.7 Å². The second-order valence-electron chi connectivity index (χ2n) is 6.92. The first-order valence-corrected chi connectivity index (χ1v) is 11.6. The molecule has 0 amide bonds. The Morgan fingerprint density at radius 3 is 2.68 bits per heavy atom. The van der Waals surface area contributed by atoms with Crippen molar-refractivity contribution in [2.24, 2.45) is 0 Å². The third-order valence-electron chi connectivity index (χ3n) is 4.76. The van der Waals surface area contributed by atoms with Crippen LogP contribution in [-0.4, -0.2) is 41.1 Å². The van der Waals surface area contributed by atoms with E-state index in [-0.39, 0.29) is 10.7 Å². The molecule has 0 unspecified atom stereocenters. The van der Waals surface area contributed by atoms with E-state index in [4.69, 9.17) is 4.98 Å². The summed E-state index contributed by atoms with van der Waals surface area (Å²) in [5.74, 6) is 0. The molecule has 0 fully saturated rings. The number of benzene rings is 1. The van der Waals surface area contributed by atoms with Crippen LogP contribution in [-0.2, 0) is 29.3 Å². The van der Waals surface area contributed by atoms with E-state index in [1.54, 1.807) is 11.3 Å². The summed E-state index contributed by atoms with van der Waals surface area (Å²) in [5, 5.41) is 0.735. The first kappa shape index (κ1) is 19.0. The minimum absolute atomic E-state index is 0.254. The Morgan fingerprint density at radius 2 is 1.96 bits per heavy atom. The summed E-state index contributed by atoms with van der Waals surface area (Å²) in [6.07, 6.45) is 1.59. The molecule has 2 aromatic heterocycles. The second kappa shape index (κ2) is 7.23. The molecule has 1 aromatic carbocycles. The summed E-state index contributed by atoms with van der Waals surface area (Å²) in [6, 6.07) is 10.1. The number of aromatic nitrogens is 3. The summed E-state index contributed by atoms with van der Waals surface area (Å²) in [6.45, 7) is 3.86. The molecule has 3 heterocycles. The maximum atomic E-state index is 12.4. The van der Waals surface area contributed by atoms with Crippen molar-refractivity contribution in [3.8, 4) is 10.6 Å². The molecule has 28 heavy (non-hydrogen) atoms. The van der Waals surface area contributed by atoms with E-state index in [2.05, 4.69) is 14.9 Å². The first-order valence-electron chi connectivity index (χ1n) is 8.87. The minimum Gasteiger partial charge on any atom is -0.297 e. The van der Waals surface area contributed by atoms with Crippen LogP contribution >= 0.6 is 11.3 Å².